The average molecular weight is 432 g/mol. The number of amides is 1. The maximum atomic E-state index is 12.6. The van der Waals surface area contributed by atoms with Crippen LogP contribution in [0.4, 0.5) is 5.69 Å². The summed E-state index contributed by atoms with van der Waals surface area (Å²) in [6.07, 6.45) is 1.55. The number of benzene rings is 3. The molecule has 0 atom stereocenters. The SMILES string of the molecule is Cc1c(Cl)cccc1NC(=O)COc1cccc(C=C2C(=O)c3ccccc3C2=O)c1. The van der Waals surface area contributed by atoms with Crippen molar-refractivity contribution >= 4 is 40.8 Å². The van der Waals surface area contributed by atoms with Crippen LogP contribution in [0.5, 0.6) is 5.75 Å². The summed E-state index contributed by atoms with van der Waals surface area (Å²) in [6, 6.07) is 18.9. The maximum absolute atomic E-state index is 12.6. The lowest BCUT2D eigenvalue weighted by molar-refractivity contribution is -0.118. The van der Waals surface area contributed by atoms with E-state index in [1.807, 2.05) is 6.92 Å². The number of Topliss-reactive ketones (excluding diaryl/α,β-unsaturated/α-hetero) is 2. The summed E-state index contributed by atoms with van der Waals surface area (Å²) in [6.45, 7) is 1.62. The van der Waals surface area contributed by atoms with Crippen LogP contribution in [0.15, 0.2) is 72.3 Å². The van der Waals surface area contributed by atoms with E-state index in [1.165, 1.54) is 0 Å². The smallest absolute Gasteiger partial charge is 0.262 e. The largest absolute Gasteiger partial charge is 0.484 e. The minimum absolute atomic E-state index is 0.118. The van der Waals surface area contributed by atoms with Crippen LogP contribution in [0.25, 0.3) is 6.08 Å². The van der Waals surface area contributed by atoms with Gasteiger partial charge in [-0.15, -0.1) is 0 Å². The Kier molecular flexibility index (Phi) is 5.69. The second-order valence-electron chi connectivity index (χ2n) is 7.08. The molecule has 4 rings (SSSR count). The van der Waals surface area contributed by atoms with Crippen molar-refractivity contribution in [1.82, 2.24) is 0 Å². The molecule has 5 nitrogen and oxygen atoms in total. The van der Waals surface area contributed by atoms with Gasteiger partial charge in [-0.25, -0.2) is 0 Å². The van der Waals surface area contributed by atoms with Crippen molar-refractivity contribution < 1.29 is 19.1 Å². The molecular formula is C25H18ClNO4. The summed E-state index contributed by atoms with van der Waals surface area (Å²) in [4.78, 5) is 37.4. The molecule has 0 bridgehead atoms. The summed E-state index contributed by atoms with van der Waals surface area (Å²) in [5.74, 6) is -0.458. The minimum Gasteiger partial charge on any atom is -0.484 e. The molecule has 6 heteroatoms. The summed E-state index contributed by atoms with van der Waals surface area (Å²) in [5.41, 5.74) is 2.98. The molecule has 0 aromatic heterocycles. The summed E-state index contributed by atoms with van der Waals surface area (Å²) < 4.78 is 5.59. The molecule has 0 heterocycles. The van der Waals surface area contributed by atoms with E-state index in [9.17, 15) is 14.4 Å². The molecule has 3 aromatic rings. The lowest BCUT2D eigenvalue weighted by Gasteiger charge is -2.10. The van der Waals surface area contributed by atoms with Crippen molar-refractivity contribution in [1.29, 1.82) is 0 Å². The zero-order valence-electron chi connectivity index (χ0n) is 16.6. The molecule has 0 fully saturated rings. The molecule has 1 N–H and O–H groups in total. The van der Waals surface area contributed by atoms with E-state index in [2.05, 4.69) is 5.32 Å². The van der Waals surface area contributed by atoms with Gasteiger partial charge in [-0.2, -0.15) is 0 Å². The lowest BCUT2D eigenvalue weighted by atomic mass is 10.1. The Labute approximate surface area is 184 Å². The van der Waals surface area contributed by atoms with E-state index in [4.69, 9.17) is 16.3 Å². The van der Waals surface area contributed by atoms with Gasteiger partial charge in [0.2, 0.25) is 0 Å². The Morgan fingerprint density at radius 2 is 1.65 bits per heavy atom. The number of ketones is 2. The predicted molar refractivity (Wildman–Crippen MR) is 120 cm³/mol. The van der Waals surface area contributed by atoms with Gasteiger partial charge in [0.1, 0.15) is 5.75 Å². The van der Waals surface area contributed by atoms with Crippen LogP contribution in [0.1, 0.15) is 31.8 Å². The van der Waals surface area contributed by atoms with Gasteiger partial charge in [-0.05, 0) is 48.4 Å². The molecular weight excluding hydrogens is 414 g/mol. The first-order valence-electron chi connectivity index (χ1n) is 9.62. The fraction of sp³-hybridized carbons (Fsp3) is 0.0800. The number of nitrogens with one attached hydrogen (secondary N) is 1. The third kappa shape index (κ3) is 4.27. The third-order valence-corrected chi connectivity index (χ3v) is 5.40. The average Bonchev–Trinajstić information content (AvgIpc) is 3.01. The number of fused-ring (bicyclic) bond motifs is 1. The van der Waals surface area contributed by atoms with Crippen LogP contribution in [-0.4, -0.2) is 24.1 Å². The molecule has 0 radical (unpaired) electrons. The number of carbonyl (C=O) groups is 3. The monoisotopic (exact) mass is 431 g/mol. The molecule has 0 spiro atoms. The molecule has 154 valence electrons. The highest BCUT2D eigenvalue weighted by Gasteiger charge is 2.32. The van der Waals surface area contributed by atoms with Gasteiger partial charge in [0.05, 0.1) is 5.57 Å². The molecule has 1 aliphatic carbocycles. The fourth-order valence-electron chi connectivity index (χ4n) is 3.34. The van der Waals surface area contributed by atoms with Gasteiger partial charge in [0, 0.05) is 21.8 Å². The Balaban J connectivity index is 1.45. The first-order chi connectivity index (χ1) is 14.9. The zero-order chi connectivity index (χ0) is 22.0. The van der Waals surface area contributed by atoms with Crippen molar-refractivity contribution in [2.24, 2.45) is 0 Å². The second-order valence-corrected chi connectivity index (χ2v) is 7.49. The van der Waals surface area contributed by atoms with Gasteiger partial charge >= 0.3 is 0 Å². The van der Waals surface area contributed by atoms with Crippen molar-refractivity contribution in [3.8, 4) is 5.75 Å². The van der Waals surface area contributed by atoms with E-state index >= 15 is 0 Å². The van der Waals surface area contributed by atoms with Gasteiger partial charge in [0.15, 0.2) is 18.2 Å². The zero-order valence-corrected chi connectivity index (χ0v) is 17.4. The number of ether oxygens (including phenoxy) is 1. The Morgan fingerprint density at radius 1 is 0.968 bits per heavy atom. The Hall–Kier alpha value is -3.70. The second kappa shape index (κ2) is 8.58. The summed E-state index contributed by atoms with van der Waals surface area (Å²) in [7, 11) is 0. The van der Waals surface area contributed by atoms with Crippen molar-refractivity contribution in [3.63, 3.8) is 0 Å². The third-order valence-electron chi connectivity index (χ3n) is 4.99. The number of hydrogen-bond acceptors (Lipinski definition) is 4. The highest BCUT2D eigenvalue weighted by atomic mass is 35.5. The molecule has 1 aliphatic rings. The molecule has 1 amide bonds. The van der Waals surface area contributed by atoms with Crippen LogP contribution in [0.3, 0.4) is 0 Å². The van der Waals surface area contributed by atoms with E-state index in [0.717, 1.165) is 5.56 Å². The van der Waals surface area contributed by atoms with Gasteiger partial charge in [-0.1, -0.05) is 54.1 Å². The van der Waals surface area contributed by atoms with Crippen molar-refractivity contribution in [2.75, 3.05) is 11.9 Å². The van der Waals surface area contributed by atoms with E-state index in [0.29, 0.717) is 33.1 Å². The molecule has 3 aromatic carbocycles. The number of allylic oxidation sites excluding steroid dienone is 1. The molecule has 0 saturated carbocycles. The van der Waals surface area contributed by atoms with Gasteiger partial charge in [-0.3, -0.25) is 14.4 Å². The van der Waals surface area contributed by atoms with Crippen molar-refractivity contribution in [2.45, 2.75) is 6.92 Å². The number of halogens is 1. The normalized spacial score (nSPS) is 12.5. The first kappa shape index (κ1) is 20.6. The quantitative estimate of drug-likeness (QED) is 0.449. The van der Waals surface area contributed by atoms with Crippen LogP contribution >= 0.6 is 11.6 Å². The van der Waals surface area contributed by atoms with Crippen LogP contribution in [0, 0.1) is 6.92 Å². The highest BCUT2D eigenvalue weighted by molar-refractivity contribution is 6.41. The Morgan fingerprint density at radius 3 is 2.35 bits per heavy atom. The van der Waals surface area contributed by atoms with Crippen molar-refractivity contribution in [3.05, 3.63) is 99.6 Å². The summed E-state index contributed by atoms with van der Waals surface area (Å²) >= 11 is 6.07. The topological polar surface area (TPSA) is 72.5 Å². The highest BCUT2D eigenvalue weighted by Crippen LogP contribution is 2.28. The fourth-order valence-corrected chi connectivity index (χ4v) is 3.52. The van der Waals surface area contributed by atoms with E-state index in [-0.39, 0.29) is 29.7 Å². The minimum atomic E-state index is -0.328. The number of hydrogen-bond donors (Lipinski definition) is 1. The first-order valence-corrected chi connectivity index (χ1v) is 10.00. The summed E-state index contributed by atoms with van der Waals surface area (Å²) in [5, 5.41) is 3.33. The van der Waals surface area contributed by atoms with E-state index in [1.54, 1.807) is 72.8 Å². The maximum Gasteiger partial charge on any atom is 0.262 e. The van der Waals surface area contributed by atoms with E-state index < -0.39 is 0 Å². The number of rotatable bonds is 5. The molecule has 31 heavy (non-hydrogen) atoms. The molecule has 0 unspecified atom stereocenters. The van der Waals surface area contributed by atoms with Gasteiger partial charge < -0.3 is 10.1 Å². The standard InChI is InChI=1S/C25H18ClNO4/c1-15-21(26)10-5-11-22(15)27-23(28)14-31-17-7-4-6-16(12-17)13-20-24(29)18-8-2-3-9-19(18)25(20)30/h2-13H,14H2,1H3,(H,27,28). The number of carbonyl (C=O) groups excluding carboxylic acids is 3. The number of anilines is 1. The molecule has 0 aliphatic heterocycles. The van der Waals surface area contributed by atoms with Gasteiger partial charge in [0.25, 0.3) is 5.91 Å². The van der Waals surface area contributed by atoms with Crippen LogP contribution < -0.4 is 10.1 Å². The molecule has 0 saturated heterocycles. The van der Waals surface area contributed by atoms with Crippen LogP contribution in [0.2, 0.25) is 5.02 Å². The lowest BCUT2D eigenvalue weighted by Crippen LogP contribution is -2.20. The Bertz CT molecular complexity index is 1210. The predicted octanol–water partition coefficient (Wildman–Crippen LogP) is 5.13. The van der Waals surface area contributed by atoms with Crippen LogP contribution in [-0.2, 0) is 4.79 Å².